The van der Waals surface area contributed by atoms with Crippen LogP contribution in [0.2, 0.25) is 0 Å². The zero-order chi connectivity index (χ0) is 15.0. The second-order valence-corrected chi connectivity index (χ2v) is 4.90. The van der Waals surface area contributed by atoms with E-state index in [1.54, 1.807) is 18.7 Å². The zero-order valence-electron chi connectivity index (χ0n) is 12.0. The SMILES string of the molecule is COc1ccc(-c2c(N)c(=O)n(C)c3ccccc23)cc1. The van der Waals surface area contributed by atoms with Crippen molar-refractivity contribution in [1.82, 2.24) is 4.57 Å². The van der Waals surface area contributed by atoms with Crippen molar-refractivity contribution >= 4 is 16.6 Å². The van der Waals surface area contributed by atoms with Crippen LogP contribution in [0.3, 0.4) is 0 Å². The van der Waals surface area contributed by atoms with Crippen LogP contribution in [-0.2, 0) is 7.05 Å². The van der Waals surface area contributed by atoms with Crippen LogP contribution in [0.5, 0.6) is 5.75 Å². The number of anilines is 1. The van der Waals surface area contributed by atoms with Crippen LogP contribution in [0.15, 0.2) is 53.3 Å². The van der Waals surface area contributed by atoms with Gasteiger partial charge < -0.3 is 15.0 Å². The van der Waals surface area contributed by atoms with Crippen molar-refractivity contribution < 1.29 is 4.74 Å². The Morgan fingerprint density at radius 1 is 1.05 bits per heavy atom. The highest BCUT2D eigenvalue weighted by atomic mass is 16.5. The first-order chi connectivity index (χ1) is 10.1. The highest BCUT2D eigenvalue weighted by Crippen LogP contribution is 2.32. The van der Waals surface area contributed by atoms with Crippen molar-refractivity contribution in [1.29, 1.82) is 0 Å². The summed E-state index contributed by atoms with van der Waals surface area (Å²) >= 11 is 0. The summed E-state index contributed by atoms with van der Waals surface area (Å²) in [4.78, 5) is 12.3. The molecule has 0 unspecified atom stereocenters. The maximum atomic E-state index is 12.3. The number of para-hydroxylation sites is 1. The molecule has 2 aromatic carbocycles. The molecule has 1 heterocycles. The molecule has 0 spiro atoms. The molecule has 0 saturated heterocycles. The molecule has 3 rings (SSSR count). The first-order valence-electron chi connectivity index (χ1n) is 6.65. The molecule has 21 heavy (non-hydrogen) atoms. The standard InChI is InChI=1S/C17H16N2O2/c1-19-14-6-4-3-5-13(14)15(16(18)17(19)20)11-7-9-12(21-2)10-8-11/h3-10H,18H2,1-2H3. The predicted molar refractivity (Wildman–Crippen MR) is 85.6 cm³/mol. The number of aromatic nitrogens is 1. The lowest BCUT2D eigenvalue weighted by molar-refractivity contribution is 0.415. The minimum Gasteiger partial charge on any atom is -0.497 e. The summed E-state index contributed by atoms with van der Waals surface area (Å²) in [5, 5.41) is 0.960. The molecule has 3 aromatic rings. The molecule has 4 heteroatoms. The minimum absolute atomic E-state index is 0.181. The van der Waals surface area contributed by atoms with Crippen molar-refractivity contribution in [2.45, 2.75) is 0 Å². The van der Waals surface area contributed by atoms with Crippen molar-refractivity contribution in [2.75, 3.05) is 12.8 Å². The number of benzene rings is 2. The van der Waals surface area contributed by atoms with Crippen LogP contribution in [0.25, 0.3) is 22.0 Å². The van der Waals surface area contributed by atoms with E-state index < -0.39 is 0 Å². The van der Waals surface area contributed by atoms with Gasteiger partial charge in [0.1, 0.15) is 11.4 Å². The first-order valence-corrected chi connectivity index (χ1v) is 6.65. The Morgan fingerprint density at radius 2 is 1.71 bits per heavy atom. The maximum absolute atomic E-state index is 12.3. The van der Waals surface area contributed by atoms with Gasteiger partial charge in [-0.25, -0.2) is 0 Å². The average molecular weight is 280 g/mol. The van der Waals surface area contributed by atoms with E-state index in [4.69, 9.17) is 10.5 Å². The van der Waals surface area contributed by atoms with E-state index in [0.29, 0.717) is 0 Å². The number of rotatable bonds is 2. The second-order valence-electron chi connectivity index (χ2n) is 4.90. The molecule has 4 nitrogen and oxygen atoms in total. The molecule has 0 aliphatic rings. The summed E-state index contributed by atoms with van der Waals surface area (Å²) in [7, 11) is 3.36. The Hall–Kier alpha value is -2.75. The molecule has 2 N–H and O–H groups in total. The van der Waals surface area contributed by atoms with Crippen LogP contribution in [-0.4, -0.2) is 11.7 Å². The molecule has 0 fully saturated rings. The maximum Gasteiger partial charge on any atom is 0.274 e. The van der Waals surface area contributed by atoms with Gasteiger partial charge in [-0.15, -0.1) is 0 Å². The lowest BCUT2D eigenvalue weighted by Gasteiger charge is -2.13. The summed E-state index contributed by atoms with van der Waals surface area (Å²) in [5.41, 5.74) is 8.71. The molecule has 0 radical (unpaired) electrons. The summed E-state index contributed by atoms with van der Waals surface area (Å²) in [6.45, 7) is 0. The third-order valence-electron chi connectivity index (χ3n) is 3.72. The molecule has 0 aliphatic heterocycles. The number of methoxy groups -OCH3 is 1. The zero-order valence-corrected chi connectivity index (χ0v) is 12.0. The topological polar surface area (TPSA) is 57.2 Å². The Balaban J connectivity index is 2.38. The van der Waals surface area contributed by atoms with Gasteiger partial charge in [-0.3, -0.25) is 4.79 Å². The molecule has 0 amide bonds. The van der Waals surface area contributed by atoms with Crippen LogP contribution < -0.4 is 16.0 Å². The average Bonchev–Trinajstić information content (AvgIpc) is 2.53. The molecular weight excluding hydrogens is 264 g/mol. The summed E-state index contributed by atoms with van der Waals surface area (Å²) in [6.07, 6.45) is 0. The number of hydrogen-bond acceptors (Lipinski definition) is 3. The summed E-state index contributed by atoms with van der Waals surface area (Å²) < 4.78 is 6.75. The van der Waals surface area contributed by atoms with Crippen LogP contribution >= 0.6 is 0 Å². The smallest absolute Gasteiger partial charge is 0.274 e. The number of aryl methyl sites for hydroxylation is 1. The molecule has 106 valence electrons. The Labute approximate surface area is 122 Å². The number of ether oxygens (including phenoxy) is 1. The van der Waals surface area contributed by atoms with Gasteiger partial charge in [0, 0.05) is 18.0 Å². The van der Waals surface area contributed by atoms with E-state index >= 15 is 0 Å². The number of nitrogen functional groups attached to an aromatic ring is 1. The fourth-order valence-corrected chi connectivity index (χ4v) is 2.59. The van der Waals surface area contributed by atoms with E-state index in [1.165, 1.54) is 0 Å². The van der Waals surface area contributed by atoms with Gasteiger partial charge in [0.25, 0.3) is 5.56 Å². The third kappa shape index (κ3) is 2.05. The van der Waals surface area contributed by atoms with Gasteiger partial charge in [-0.1, -0.05) is 30.3 Å². The fraction of sp³-hybridized carbons (Fsp3) is 0.118. The summed E-state index contributed by atoms with van der Waals surface area (Å²) in [5.74, 6) is 0.769. The molecule has 0 atom stereocenters. The highest BCUT2D eigenvalue weighted by Gasteiger charge is 2.14. The van der Waals surface area contributed by atoms with Crippen molar-refractivity contribution in [3.8, 4) is 16.9 Å². The number of pyridine rings is 1. The second kappa shape index (κ2) is 4.98. The molecular formula is C17H16N2O2. The number of fused-ring (bicyclic) bond motifs is 1. The van der Waals surface area contributed by atoms with Gasteiger partial charge >= 0.3 is 0 Å². The van der Waals surface area contributed by atoms with Crippen molar-refractivity contribution in [3.05, 3.63) is 58.9 Å². The van der Waals surface area contributed by atoms with E-state index in [1.807, 2.05) is 48.5 Å². The van der Waals surface area contributed by atoms with Gasteiger partial charge in [0.2, 0.25) is 0 Å². The van der Waals surface area contributed by atoms with Crippen molar-refractivity contribution in [3.63, 3.8) is 0 Å². The first kappa shape index (κ1) is 13.2. The van der Waals surface area contributed by atoms with E-state index in [0.717, 1.165) is 27.8 Å². The minimum atomic E-state index is -0.181. The van der Waals surface area contributed by atoms with Crippen LogP contribution in [0, 0.1) is 0 Å². The van der Waals surface area contributed by atoms with Crippen LogP contribution in [0.4, 0.5) is 5.69 Å². The number of nitrogens with zero attached hydrogens (tertiary/aromatic N) is 1. The van der Waals surface area contributed by atoms with E-state index in [9.17, 15) is 4.79 Å². The fourth-order valence-electron chi connectivity index (χ4n) is 2.59. The predicted octanol–water partition coefficient (Wildman–Crippen LogP) is 2.80. The lowest BCUT2D eigenvalue weighted by atomic mass is 9.99. The van der Waals surface area contributed by atoms with Crippen LogP contribution in [0.1, 0.15) is 0 Å². The molecule has 1 aromatic heterocycles. The van der Waals surface area contributed by atoms with Gasteiger partial charge in [0.15, 0.2) is 0 Å². The normalized spacial score (nSPS) is 10.8. The van der Waals surface area contributed by atoms with Crippen molar-refractivity contribution in [2.24, 2.45) is 7.05 Å². The molecule has 0 saturated carbocycles. The Kier molecular flexibility index (Phi) is 3.14. The van der Waals surface area contributed by atoms with E-state index in [2.05, 4.69) is 0 Å². The largest absolute Gasteiger partial charge is 0.497 e. The van der Waals surface area contributed by atoms with Gasteiger partial charge in [-0.05, 0) is 23.8 Å². The Bertz CT molecular complexity index is 864. The van der Waals surface area contributed by atoms with Gasteiger partial charge in [-0.2, -0.15) is 0 Å². The Morgan fingerprint density at radius 3 is 2.38 bits per heavy atom. The highest BCUT2D eigenvalue weighted by molar-refractivity contribution is 6.00. The van der Waals surface area contributed by atoms with E-state index in [-0.39, 0.29) is 11.2 Å². The quantitative estimate of drug-likeness (QED) is 0.785. The van der Waals surface area contributed by atoms with Gasteiger partial charge in [0.05, 0.1) is 12.6 Å². The number of nitrogens with two attached hydrogens (primary N) is 1. The number of hydrogen-bond donors (Lipinski definition) is 1. The monoisotopic (exact) mass is 280 g/mol. The summed E-state index contributed by atoms with van der Waals surface area (Å²) in [6, 6.07) is 15.3. The molecule has 0 bridgehead atoms. The lowest BCUT2D eigenvalue weighted by Crippen LogP contribution is -2.21. The molecule has 0 aliphatic carbocycles. The third-order valence-corrected chi connectivity index (χ3v) is 3.72.